The number of anilines is 2. The van der Waals surface area contributed by atoms with E-state index in [2.05, 4.69) is 20.6 Å². The van der Waals surface area contributed by atoms with Gasteiger partial charge in [0, 0.05) is 22.8 Å². The van der Waals surface area contributed by atoms with Crippen molar-refractivity contribution in [2.45, 2.75) is 6.54 Å². The Morgan fingerprint density at radius 2 is 1.80 bits per heavy atom. The molecule has 1 heterocycles. The normalized spacial score (nSPS) is 10.3. The van der Waals surface area contributed by atoms with Gasteiger partial charge in [-0.25, -0.2) is 14.4 Å². The number of hydrogen-bond donors (Lipinski definition) is 2. The monoisotopic (exact) mass is 356 g/mol. The summed E-state index contributed by atoms with van der Waals surface area (Å²) in [6.07, 6.45) is 2.78. The molecule has 0 bridgehead atoms. The maximum Gasteiger partial charge on any atom is 0.275 e. The summed E-state index contributed by atoms with van der Waals surface area (Å²) in [4.78, 5) is 20.3. The first-order valence-electron chi connectivity index (χ1n) is 7.48. The Bertz CT molecular complexity index is 869. The average Bonchev–Trinajstić information content (AvgIpc) is 2.63. The molecule has 0 fully saturated rings. The van der Waals surface area contributed by atoms with E-state index in [-0.39, 0.29) is 24.0 Å². The Morgan fingerprint density at radius 1 is 1.04 bits per heavy atom. The predicted octanol–water partition coefficient (Wildman–Crippen LogP) is 4.13. The third kappa shape index (κ3) is 4.51. The number of nitrogens with zero attached hydrogens (tertiary/aromatic N) is 2. The van der Waals surface area contributed by atoms with Gasteiger partial charge in [-0.05, 0) is 30.3 Å². The largest absolute Gasteiger partial charge is 0.365 e. The van der Waals surface area contributed by atoms with Crippen molar-refractivity contribution in [3.05, 3.63) is 83.0 Å². The van der Waals surface area contributed by atoms with Gasteiger partial charge in [0.25, 0.3) is 5.91 Å². The third-order valence-electron chi connectivity index (χ3n) is 3.40. The lowest BCUT2D eigenvalue weighted by Crippen LogP contribution is -2.14. The molecule has 2 aromatic carbocycles. The van der Waals surface area contributed by atoms with Gasteiger partial charge < -0.3 is 10.6 Å². The summed E-state index contributed by atoms with van der Waals surface area (Å²) in [5, 5.41) is 6.25. The molecule has 0 aliphatic heterocycles. The van der Waals surface area contributed by atoms with E-state index in [1.165, 1.54) is 18.5 Å². The van der Waals surface area contributed by atoms with Gasteiger partial charge in [0.15, 0.2) is 0 Å². The highest BCUT2D eigenvalue weighted by molar-refractivity contribution is 6.30. The fraction of sp³-hybridized carbons (Fsp3) is 0.0556. The average molecular weight is 357 g/mol. The van der Waals surface area contributed by atoms with Gasteiger partial charge in [-0.3, -0.25) is 4.79 Å². The van der Waals surface area contributed by atoms with E-state index >= 15 is 0 Å². The highest BCUT2D eigenvalue weighted by Crippen LogP contribution is 2.14. The summed E-state index contributed by atoms with van der Waals surface area (Å²) >= 11 is 5.80. The van der Waals surface area contributed by atoms with Crippen LogP contribution < -0.4 is 10.6 Å². The first-order valence-corrected chi connectivity index (χ1v) is 7.86. The van der Waals surface area contributed by atoms with Gasteiger partial charge in [0.05, 0.1) is 12.4 Å². The van der Waals surface area contributed by atoms with Crippen molar-refractivity contribution in [1.82, 2.24) is 9.97 Å². The second-order valence-electron chi connectivity index (χ2n) is 5.19. The molecule has 0 atom stereocenters. The number of rotatable bonds is 5. The summed E-state index contributed by atoms with van der Waals surface area (Å²) < 4.78 is 13.6. The number of benzene rings is 2. The molecule has 126 valence electrons. The Hall–Kier alpha value is -2.99. The molecule has 0 saturated heterocycles. The smallest absolute Gasteiger partial charge is 0.275 e. The summed E-state index contributed by atoms with van der Waals surface area (Å²) in [7, 11) is 0. The number of carbonyl (C=O) groups is 1. The molecule has 0 unspecified atom stereocenters. The quantitative estimate of drug-likeness (QED) is 0.721. The lowest BCUT2D eigenvalue weighted by Gasteiger charge is -2.07. The standard InChI is InChI=1S/C18H14ClFN4O/c19-13-5-7-14(8-6-13)24-18(25)16-10-23-17(11-21-16)22-9-12-3-1-2-4-15(12)20/h1-8,10-11H,9H2,(H,22,23)(H,24,25). The molecule has 0 spiro atoms. The zero-order valence-electron chi connectivity index (χ0n) is 13.0. The van der Waals surface area contributed by atoms with Crippen molar-refractivity contribution in [1.29, 1.82) is 0 Å². The van der Waals surface area contributed by atoms with Crippen LogP contribution in [0.5, 0.6) is 0 Å². The fourth-order valence-corrected chi connectivity index (χ4v) is 2.22. The van der Waals surface area contributed by atoms with E-state index in [1.54, 1.807) is 42.5 Å². The van der Waals surface area contributed by atoms with E-state index in [9.17, 15) is 9.18 Å². The fourth-order valence-electron chi connectivity index (χ4n) is 2.09. The van der Waals surface area contributed by atoms with Crippen LogP contribution in [0.15, 0.2) is 60.9 Å². The minimum Gasteiger partial charge on any atom is -0.365 e. The van der Waals surface area contributed by atoms with E-state index in [0.717, 1.165) is 0 Å². The van der Waals surface area contributed by atoms with Crippen molar-refractivity contribution in [2.75, 3.05) is 10.6 Å². The first kappa shape index (κ1) is 16.9. The first-order chi connectivity index (χ1) is 12.1. The summed E-state index contributed by atoms with van der Waals surface area (Å²) in [5.41, 5.74) is 1.30. The zero-order valence-corrected chi connectivity index (χ0v) is 13.8. The van der Waals surface area contributed by atoms with Crippen molar-refractivity contribution < 1.29 is 9.18 Å². The van der Waals surface area contributed by atoms with E-state index in [1.807, 2.05) is 0 Å². The number of hydrogen-bond acceptors (Lipinski definition) is 4. The number of carbonyl (C=O) groups excluding carboxylic acids is 1. The van der Waals surface area contributed by atoms with Crippen LogP contribution in [-0.4, -0.2) is 15.9 Å². The van der Waals surface area contributed by atoms with Crippen LogP contribution in [0.1, 0.15) is 16.1 Å². The van der Waals surface area contributed by atoms with E-state index < -0.39 is 0 Å². The van der Waals surface area contributed by atoms with Crippen molar-refractivity contribution >= 4 is 29.0 Å². The van der Waals surface area contributed by atoms with Crippen LogP contribution in [-0.2, 0) is 6.54 Å². The molecule has 1 amide bonds. The van der Waals surface area contributed by atoms with Crippen LogP contribution in [0.4, 0.5) is 15.9 Å². The Morgan fingerprint density at radius 3 is 2.48 bits per heavy atom. The van der Waals surface area contributed by atoms with Gasteiger partial charge >= 0.3 is 0 Å². The maximum atomic E-state index is 13.6. The van der Waals surface area contributed by atoms with Crippen molar-refractivity contribution in [3.63, 3.8) is 0 Å². The Kier molecular flexibility index (Phi) is 5.20. The molecular formula is C18H14ClFN4O. The predicted molar refractivity (Wildman–Crippen MR) is 95.2 cm³/mol. The maximum absolute atomic E-state index is 13.6. The van der Waals surface area contributed by atoms with Gasteiger partial charge in [0.2, 0.25) is 0 Å². The second kappa shape index (κ2) is 7.72. The third-order valence-corrected chi connectivity index (χ3v) is 3.66. The lowest BCUT2D eigenvalue weighted by molar-refractivity contribution is 0.102. The van der Waals surface area contributed by atoms with E-state index in [0.29, 0.717) is 22.1 Å². The number of nitrogens with one attached hydrogen (secondary N) is 2. The molecule has 25 heavy (non-hydrogen) atoms. The Labute approximate surface area is 148 Å². The summed E-state index contributed by atoms with van der Waals surface area (Å²) in [6, 6.07) is 13.2. The van der Waals surface area contributed by atoms with Crippen LogP contribution >= 0.6 is 11.6 Å². The topological polar surface area (TPSA) is 66.9 Å². The second-order valence-corrected chi connectivity index (χ2v) is 5.63. The number of halogens is 2. The summed E-state index contributed by atoms with van der Waals surface area (Å²) in [6.45, 7) is 0.275. The summed E-state index contributed by atoms with van der Waals surface area (Å²) in [5.74, 6) is -0.219. The molecule has 3 rings (SSSR count). The molecule has 1 aromatic heterocycles. The SMILES string of the molecule is O=C(Nc1ccc(Cl)cc1)c1cnc(NCc2ccccc2F)cn1. The number of aromatic nitrogens is 2. The van der Waals surface area contributed by atoms with Gasteiger partial charge in [0.1, 0.15) is 17.3 Å². The minimum absolute atomic E-state index is 0.173. The molecule has 0 aliphatic carbocycles. The molecule has 0 radical (unpaired) electrons. The molecular weight excluding hydrogens is 343 g/mol. The zero-order chi connectivity index (χ0) is 17.6. The van der Waals surface area contributed by atoms with Crippen LogP contribution in [0.25, 0.3) is 0 Å². The molecule has 3 aromatic rings. The number of amides is 1. The Balaban J connectivity index is 1.60. The van der Waals surface area contributed by atoms with Gasteiger partial charge in [-0.15, -0.1) is 0 Å². The lowest BCUT2D eigenvalue weighted by atomic mass is 10.2. The van der Waals surface area contributed by atoms with Gasteiger partial charge in [-0.1, -0.05) is 29.8 Å². The van der Waals surface area contributed by atoms with Gasteiger partial charge in [-0.2, -0.15) is 0 Å². The molecule has 7 heteroatoms. The van der Waals surface area contributed by atoms with Crippen molar-refractivity contribution in [3.8, 4) is 0 Å². The highest BCUT2D eigenvalue weighted by Gasteiger charge is 2.09. The molecule has 2 N–H and O–H groups in total. The van der Waals surface area contributed by atoms with E-state index in [4.69, 9.17) is 11.6 Å². The molecule has 0 saturated carbocycles. The van der Waals surface area contributed by atoms with Crippen molar-refractivity contribution in [2.24, 2.45) is 0 Å². The molecule has 5 nitrogen and oxygen atoms in total. The van der Waals surface area contributed by atoms with Crippen LogP contribution in [0.2, 0.25) is 5.02 Å². The van der Waals surface area contributed by atoms with Crippen LogP contribution in [0.3, 0.4) is 0 Å². The molecule has 0 aliphatic rings. The highest BCUT2D eigenvalue weighted by atomic mass is 35.5. The minimum atomic E-state index is -0.379. The van der Waals surface area contributed by atoms with Crippen LogP contribution in [0, 0.1) is 5.82 Å².